The van der Waals surface area contributed by atoms with Gasteiger partial charge in [0.25, 0.3) is 0 Å². The number of amides is 1. The van der Waals surface area contributed by atoms with Gasteiger partial charge in [0.1, 0.15) is 5.01 Å². The van der Waals surface area contributed by atoms with E-state index in [0.717, 1.165) is 32.9 Å². The molecule has 1 heterocycles. The maximum Gasteiger partial charge on any atom is 0.226 e. The van der Waals surface area contributed by atoms with Crippen LogP contribution in [0.15, 0.2) is 42.5 Å². The van der Waals surface area contributed by atoms with Gasteiger partial charge in [-0.3, -0.25) is 4.79 Å². The molecule has 2 aromatic carbocycles. The Kier molecular flexibility index (Phi) is 5.63. The molecular weight excluding hydrogens is 374 g/mol. The minimum absolute atomic E-state index is 0.101. The van der Waals surface area contributed by atoms with Crippen LogP contribution in [0.5, 0.6) is 0 Å². The molecule has 1 amide bonds. The Morgan fingerprint density at radius 1 is 1.28 bits per heavy atom. The smallest absolute Gasteiger partial charge is 0.226 e. The van der Waals surface area contributed by atoms with Crippen molar-refractivity contribution in [3.8, 4) is 10.6 Å². The molecule has 0 aliphatic heterocycles. The van der Waals surface area contributed by atoms with E-state index in [9.17, 15) is 4.79 Å². The predicted molar refractivity (Wildman–Crippen MR) is 109 cm³/mol. The number of hydrogen-bond donors (Lipinski definition) is 2. The predicted octanol–water partition coefficient (Wildman–Crippen LogP) is 5.23. The summed E-state index contributed by atoms with van der Waals surface area (Å²) in [7, 11) is 0. The van der Waals surface area contributed by atoms with Crippen molar-refractivity contribution in [1.82, 2.24) is 10.3 Å². The van der Waals surface area contributed by atoms with Gasteiger partial charge in [-0.05, 0) is 49.0 Å². The third kappa shape index (κ3) is 4.34. The van der Waals surface area contributed by atoms with E-state index in [4.69, 9.17) is 23.8 Å². The largest absolute Gasteiger partial charge is 0.332 e. The highest BCUT2D eigenvalue weighted by atomic mass is 35.5. The first kappa shape index (κ1) is 17.8. The first-order chi connectivity index (χ1) is 12.1. The van der Waals surface area contributed by atoms with Gasteiger partial charge in [-0.15, -0.1) is 11.3 Å². The Labute approximate surface area is 160 Å². The molecule has 4 nitrogen and oxygen atoms in total. The van der Waals surface area contributed by atoms with Gasteiger partial charge < -0.3 is 10.6 Å². The summed E-state index contributed by atoms with van der Waals surface area (Å²) in [5, 5.41) is 7.48. The lowest BCUT2D eigenvalue weighted by Gasteiger charge is -2.12. The van der Waals surface area contributed by atoms with E-state index in [1.165, 1.54) is 0 Å². The molecule has 7 heteroatoms. The van der Waals surface area contributed by atoms with Gasteiger partial charge in [0.05, 0.1) is 15.9 Å². The third-order valence-electron chi connectivity index (χ3n) is 3.48. The molecule has 0 bridgehead atoms. The monoisotopic (exact) mass is 389 g/mol. The Morgan fingerprint density at radius 3 is 2.84 bits per heavy atom. The molecule has 0 saturated carbocycles. The standard InChI is InChI=1S/C18H16ClN3OS2/c1-2-5-16(23)22-18(24)21-13-9-8-11(19)10-12(13)17-20-14-6-3-4-7-15(14)25-17/h3-4,6-10H,2,5H2,1H3,(H2,21,22,23,24). The minimum atomic E-state index is -0.101. The first-order valence-electron chi connectivity index (χ1n) is 7.83. The van der Waals surface area contributed by atoms with E-state index in [1.807, 2.05) is 43.3 Å². The number of carbonyl (C=O) groups excluding carboxylic acids is 1. The molecule has 0 spiro atoms. The number of fused-ring (bicyclic) bond motifs is 1. The van der Waals surface area contributed by atoms with Crippen molar-refractivity contribution < 1.29 is 4.79 Å². The minimum Gasteiger partial charge on any atom is -0.332 e. The van der Waals surface area contributed by atoms with Gasteiger partial charge >= 0.3 is 0 Å². The number of rotatable bonds is 4. The van der Waals surface area contributed by atoms with Gasteiger partial charge in [0.15, 0.2) is 5.11 Å². The highest BCUT2D eigenvalue weighted by Crippen LogP contribution is 2.36. The summed E-state index contributed by atoms with van der Waals surface area (Å²) >= 11 is 13.0. The molecule has 2 N–H and O–H groups in total. The average molecular weight is 390 g/mol. The quantitative estimate of drug-likeness (QED) is 0.600. The number of benzene rings is 2. The number of nitrogens with one attached hydrogen (secondary N) is 2. The summed E-state index contributed by atoms with van der Waals surface area (Å²) in [5.74, 6) is -0.101. The van der Waals surface area contributed by atoms with Crippen LogP contribution < -0.4 is 10.6 Å². The summed E-state index contributed by atoms with van der Waals surface area (Å²) in [4.78, 5) is 16.4. The van der Waals surface area contributed by atoms with E-state index in [2.05, 4.69) is 15.6 Å². The van der Waals surface area contributed by atoms with Crippen molar-refractivity contribution in [3.63, 3.8) is 0 Å². The molecule has 0 unspecified atom stereocenters. The summed E-state index contributed by atoms with van der Waals surface area (Å²) in [6.45, 7) is 1.94. The van der Waals surface area contributed by atoms with Crippen LogP contribution in [0, 0.1) is 0 Å². The zero-order valence-corrected chi connectivity index (χ0v) is 15.9. The fourth-order valence-corrected chi connectivity index (χ4v) is 3.75. The number of anilines is 1. The lowest BCUT2D eigenvalue weighted by Crippen LogP contribution is -2.33. The summed E-state index contributed by atoms with van der Waals surface area (Å²) in [6.07, 6.45) is 1.21. The molecule has 0 aliphatic rings. The van der Waals surface area contributed by atoms with Gasteiger partial charge in [0, 0.05) is 17.0 Å². The number of halogens is 1. The van der Waals surface area contributed by atoms with E-state index in [-0.39, 0.29) is 11.0 Å². The number of aromatic nitrogens is 1. The zero-order chi connectivity index (χ0) is 17.8. The van der Waals surface area contributed by atoms with E-state index < -0.39 is 0 Å². The number of carbonyl (C=O) groups is 1. The second-order valence-electron chi connectivity index (χ2n) is 5.43. The summed E-state index contributed by atoms with van der Waals surface area (Å²) in [6, 6.07) is 13.4. The number of thiocarbonyl (C=S) groups is 1. The Hall–Kier alpha value is -2.02. The second-order valence-corrected chi connectivity index (χ2v) is 7.30. The number of thiazole rings is 1. The van der Waals surface area contributed by atoms with Gasteiger partial charge in [-0.25, -0.2) is 4.98 Å². The van der Waals surface area contributed by atoms with Crippen LogP contribution in [0.2, 0.25) is 5.02 Å². The number of para-hydroxylation sites is 1. The normalized spacial score (nSPS) is 10.6. The molecule has 0 radical (unpaired) electrons. The lowest BCUT2D eigenvalue weighted by molar-refractivity contribution is -0.119. The fourth-order valence-electron chi connectivity index (χ4n) is 2.36. The average Bonchev–Trinajstić information content (AvgIpc) is 3.00. The van der Waals surface area contributed by atoms with Crippen molar-refractivity contribution in [2.24, 2.45) is 0 Å². The fraction of sp³-hybridized carbons (Fsp3) is 0.167. The topological polar surface area (TPSA) is 54.0 Å². The van der Waals surface area contributed by atoms with Crippen molar-refractivity contribution >= 4 is 62.1 Å². The summed E-state index contributed by atoms with van der Waals surface area (Å²) < 4.78 is 1.10. The van der Waals surface area contributed by atoms with Crippen LogP contribution in [0.1, 0.15) is 19.8 Å². The molecule has 25 heavy (non-hydrogen) atoms. The van der Waals surface area contributed by atoms with Gasteiger partial charge in [-0.2, -0.15) is 0 Å². The van der Waals surface area contributed by atoms with Crippen molar-refractivity contribution in [1.29, 1.82) is 0 Å². The van der Waals surface area contributed by atoms with Gasteiger partial charge in [-0.1, -0.05) is 30.7 Å². The Balaban J connectivity index is 1.90. The van der Waals surface area contributed by atoms with Crippen LogP contribution >= 0.6 is 35.2 Å². The van der Waals surface area contributed by atoms with Crippen LogP contribution in [-0.2, 0) is 4.79 Å². The molecular formula is C18H16ClN3OS2. The van der Waals surface area contributed by atoms with Crippen molar-refractivity contribution in [3.05, 3.63) is 47.5 Å². The molecule has 1 aromatic heterocycles. The highest BCUT2D eigenvalue weighted by molar-refractivity contribution is 7.80. The first-order valence-corrected chi connectivity index (χ1v) is 9.43. The maximum absolute atomic E-state index is 11.7. The Bertz CT molecular complexity index is 906. The molecule has 0 aliphatic carbocycles. The summed E-state index contributed by atoms with van der Waals surface area (Å²) in [5.41, 5.74) is 2.54. The third-order valence-corrected chi connectivity index (χ3v) is 4.99. The van der Waals surface area contributed by atoms with Crippen LogP contribution in [-0.4, -0.2) is 16.0 Å². The van der Waals surface area contributed by atoms with E-state index >= 15 is 0 Å². The van der Waals surface area contributed by atoms with Crippen LogP contribution in [0.3, 0.4) is 0 Å². The molecule has 0 fully saturated rings. The van der Waals surface area contributed by atoms with Crippen molar-refractivity contribution in [2.45, 2.75) is 19.8 Å². The second kappa shape index (κ2) is 7.91. The van der Waals surface area contributed by atoms with E-state index in [0.29, 0.717) is 11.4 Å². The van der Waals surface area contributed by atoms with Crippen LogP contribution in [0.4, 0.5) is 5.69 Å². The SMILES string of the molecule is CCCC(=O)NC(=S)Nc1ccc(Cl)cc1-c1nc2ccccc2s1. The molecule has 3 rings (SSSR count). The maximum atomic E-state index is 11.7. The lowest BCUT2D eigenvalue weighted by atomic mass is 10.2. The molecule has 0 saturated heterocycles. The number of hydrogen-bond acceptors (Lipinski definition) is 4. The van der Waals surface area contributed by atoms with Crippen LogP contribution in [0.25, 0.3) is 20.8 Å². The Morgan fingerprint density at radius 2 is 2.08 bits per heavy atom. The zero-order valence-electron chi connectivity index (χ0n) is 13.5. The molecule has 0 atom stereocenters. The van der Waals surface area contributed by atoms with Gasteiger partial charge in [0.2, 0.25) is 5.91 Å². The highest BCUT2D eigenvalue weighted by Gasteiger charge is 2.13. The molecule has 128 valence electrons. The molecule has 3 aromatic rings. The van der Waals surface area contributed by atoms with E-state index in [1.54, 1.807) is 17.4 Å². The van der Waals surface area contributed by atoms with Crippen molar-refractivity contribution in [2.75, 3.05) is 5.32 Å². The number of nitrogens with zero attached hydrogens (tertiary/aromatic N) is 1.